The molecule has 3 aromatic rings. The molecule has 0 saturated heterocycles. The maximum absolute atomic E-state index is 12.6. The molecule has 0 spiro atoms. The van der Waals surface area contributed by atoms with Crippen LogP contribution in [-0.4, -0.2) is 18.2 Å². The van der Waals surface area contributed by atoms with Gasteiger partial charge >= 0.3 is 0 Å². The first-order valence-corrected chi connectivity index (χ1v) is 10.1. The Morgan fingerprint density at radius 3 is 2.35 bits per heavy atom. The SMILES string of the molecule is CCc1ccc(S(=O)(=O)Nc2cccc(Cn3nc(C)cc3C)c2)cc1. The zero-order chi connectivity index (χ0) is 18.7. The van der Waals surface area contributed by atoms with E-state index in [-0.39, 0.29) is 4.90 Å². The molecule has 0 aliphatic heterocycles. The summed E-state index contributed by atoms with van der Waals surface area (Å²) in [6, 6.07) is 16.4. The van der Waals surface area contributed by atoms with E-state index in [1.165, 1.54) is 0 Å². The molecular formula is C20H23N3O2S. The van der Waals surface area contributed by atoms with Crippen molar-refractivity contribution in [3.8, 4) is 0 Å². The number of anilines is 1. The largest absolute Gasteiger partial charge is 0.280 e. The van der Waals surface area contributed by atoms with Crippen LogP contribution in [0.3, 0.4) is 0 Å². The minimum atomic E-state index is -3.60. The first kappa shape index (κ1) is 18.2. The van der Waals surface area contributed by atoms with Crippen LogP contribution in [0.4, 0.5) is 5.69 Å². The molecule has 3 rings (SSSR count). The van der Waals surface area contributed by atoms with Crippen molar-refractivity contribution in [1.82, 2.24) is 9.78 Å². The predicted octanol–water partition coefficient (Wildman–Crippen LogP) is 3.91. The number of nitrogens with one attached hydrogen (secondary N) is 1. The average Bonchev–Trinajstić information content (AvgIpc) is 2.92. The van der Waals surface area contributed by atoms with Crippen molar-refractivity contribution in [2.75, 3.05) is 4.72 Å². The topological polar surface area (TPSA) is 64.0 Å². The van der Waals surface area contributed by atoms with Crippen molar-refractivity contribution in [1.29, 1.82) is 0 Å². The van der Waals surface area contributed by atoms with E-state index in [2.05, 4.69) is 9.82 Å². The van der Waals surface area contributed by atoms with Crippen LogP contribution in [0.25, 0.3) is 0 Å². The molecule has 0 fully saturated rings. The lowest BCUT2D eigenvalue weighted by atomic mass is 10.2. The molecular weight excluding hydrogens is 346 g/mol. The molecule has 0 amide bonds. The summed E-state index contributed by atoms with van der Waals surface area (Å²) in [5.74, 6) is 0. The van der Waals surface area contributed by atoms with Gasteiger partial charge in [0.15, 0.2) is 0 Å². The van der Waals surface area contributed by atoms with E-state index in [1.807, 2.05) is 61.9 Å². The third kappa shape index (κ3) is 4.14. The Kier molecular flexibility index (Phi) is 5.13. The smallest absolute Gasteiger partial charge is 0.261 e. The highest BCUT2D eigenvalue weighted by Gasteiger charge is 2.14. The van der Waals surface area contributed by atoms with E-state index in [1.54, 1.807) is 18.2 Å². The van der Waals surface area contributed by atoms with Gasteiger partial charge in [0.25, 0.3) is 10.0 Å². The molecule has 0 atom stereocenters. The molecule has 136 valence electrons. The molecule has 5 nitrogen and oxygen atoms in total. The maximum atomic E-state index is 12.6. The van der Waals surface area contributed by atoms with Crippen LogP contribution in [0.15, 0.2) is 59.5 Å². The molecule has 1 heterocycles. The lowest BCUT2D eigenvalue weighted by Gasteiger charge is -2.11. The predicted molar refractivity (Wildman–Crippen MR) is 104 cm³/mol. The normalized spacial score (nSPS) is 11.5. The Morgan fingerprint density at radius 1 is 1.00 bits per heavy atom. The number of aromatic nitrogens is 2. The molecule has 26 heavy (non-hydrogen) atoms. The number of hydrogen-bond acceptors (Lipinski definition) is 3. The van der Waals surface area contributed by atoms with Crippen LogP contribution in [-0.2, 0) is 23.0 Å². The van der Waals surface area contributed by atoms with Crippen LogP contribution in [0.1, 0.15) is 29.4 Å². The van der Waals surface area contributed by atoms with Gasteiger partial charge in [0.05, 0.1) is 17.1 Å². The van der Waals surface area contributed by atoms with Crippen LogP contribution < -0.4 is 4.72 Å². The van der Waals surface area contributed by atoms with Gasteiger partial charge in [-0.25, -0.2) is 8.42 Å². The number of aryl methyl sites for hydroxylation is 3. The van der Waals surface area contributed by atoms with Crippen molar-refractivity contribution in [3.05, 3.63) is 77.1 Å². The van der Waals surface area contributed by atoms with Gasteiger partial charge in [0.2, 0.25) is 0 Å². The molecule has 0 radical (unpaired) electrons. The summed E-state index contributed by atoms with van der Waals surface area (Å²) in [4.78, 5) is 0.263. The summed E-state index contributed by atoms with van der Waals surface area (Å²) in [5.41, 5.74) is 4.68. The zero-order valence-corrected chi connectivity index (χ0v) is 16.0. The van der Waals surface area contributed by atoms with E-state index in [9.17, 15) is 8.42 Å². The highest BCUT2D eigenvalue weighted by atomic mass is 32.2. The fourth-order valence-electron chi connectivity index (χ4n) is 2.86. The number of hydrogen-bond donors (Lipinski definition) is 1. The maximum Gasteiger partial charge on any atom is 0.261 e. The average molecular weight is 369 g/mol. The minimum Gasteiger partial charge on any atom is -0.280 e. The van der Waals surface area contributed by atoms with Crippen molar-refractivity contribution >= 4 is 15.7 Å². The Hall–Kier alpha value is -2.60. The second kappa shape index (κ2) is 7.33. The van der Waals surface area contributed by atoms with Gasteiger partial charge in [-0.15, -0.1) is 0 Å². The van der Waals surface area contributed by atoms with Crippen LogP contribution in [0, 0.1) is 13.8 Å². The molecule has 1 aromatic heterocycles. The minimum absolute atomic E-state index is 0.263. The summed E-state index contributed by atoms with van der Waals surface area (Å²) in [6.07, 6.45) is 0.877. The van der Waals surface area contributed by atoms with Crippen LogP contribution in [0.5, 0.6) is 0 Å². The second-order valence-electron chi connectivity index (χ2n) is 6.39. The standard InChI is InChI=1S/C20H23N3O2S/c1-4-17-8-10-20(11-9-17)26(24,25)22-19-7-5-6-18(13-19)14-23-16(3)12-15(2)21-23/h5-13,22H,4,14H2,1-3H3. The molecule has 0 aliphatic carbocycles. The summed E-state index contributed by atoms with van der Waals surface area (Å²) in [6.45, 7) is 6.60. The van der Waals surface area contributed by atoms with Crippen molar-refractivity contribution in [3.63, 3.8) is 0 Å². The summed E-state index contributed by atoms with van der Waals surface area (Å²) >= 11 is 0. The first-order valence-electron chi connectivity index (χ1n) is 8.59. The molecule has 0 bridgehead atoms. The monoisotopic (exact) mass is 369 g/mol. The Balaban J connectivity index is 1.80. The Bertz CT molecular complexity index is 1010. The van der Waals surface area contributed by atoms with E-state index < -0.39 is 10.0 Å². The van der Waals surface area contributed by atoms with Crippen LogP contribution >= 0.6 is 0 Å². The Morgan fingerprint density at radius 2 is 1.73 bits per heavy atom. The van der Waals surface area contributed by atoms with Crippen molar-refractivity contribution < 1.29 is 8.42 Å². The van der Waals surface area contributed by atoms with Gasteiger partial charge in [0, 0.05) is 11.4 Å². The van der Waals surface area contributed by atoms with E-state index in [4.69, 9.17) is 0 Å². The number of nitrogens with zero attached hydrogens (tertiary/aromatic N) is 2. The molecule has 6 heteroatoms. The highest BCUT2D eigenvalue weighted by molar-refractivity contribution is 7.92. The zero-order valence-electron chi connectivity index (χ0n) is 15.2. The van der Waals surface area contributed by atoms with Gasteiger partial charge in [-0.2, -0.15) is 5.10 Å². The van der Waals surface area contributed by atoms with E-state index >= 15 is 0 Å². The third-order valence-electron chi connectivity index (χ3n) is 4.26. The molecule has 0 saturated carbocycles. The highest BCUT2D eigenvalue weighted by Crippen LogP contribution is 2.19. The van der Waals surface area contributed by atoms with Crippen LogP contribution in [0.2, 0.25) is 0 Å². The quantitative estimate of drug-likeness (QED) is 0.716. The van der Waals surface area contributed by atoms with Crippen molar-refractivity contribution in [2.24, 2.45) is 0 Å². The lowest BCUT2D eigenvalue weighted by Crippen LogP contribution is -2.13. The summed E-state index contributed by atoms with van der Waals surface area (Å²) in [5, 5.41) is 4.45. The summed E-state index contributed by atoms with van der Waals surface area (Å²) < 4.78 is 29.8. The van der Waals surface area contributed by atoms with Gasteiger partial charge in [-0.3, -0.25) is 9.40 Å². The van der Waals surface area contributed by atoms with Gasteiger partial charge < -0.3 is 0 Å². The van der Waals surface area contributed by atoms with Gasteiger partial charge in [-0.05, 0) is 61.7 Å². The fraction of sp³-hybridized carbons (Fsp3) is 0.250. The molecule has 2 aromatic carbocycles. The Labute approximate surface area is 154 Å². The molecule has 1 N–H and O–H groups in total. The molecule has 0 unspecified atom stereocenters. The van der Waals surface area contributed by atoms with E-state index in [0.29, 0.717) is 12.2 Å². The van der Waals surface area contributed by atoms with E-state index in [0.717, 1.165) is 28.9 Å². The summed E-state index contributed by atoms with van der Waals surface area (Å²) in [7, 11) is -3.60. The lowest BCUT2D eigenvalue weighted by molar-refractivity contribution is 0.601. The number of sulfonamides is 1. The first-order chi connectivity index (χ1) is 12.4. The second-order valence-corrected chi connectivity index (χ2v) is 8.07. The number of rotatable bonds is 6. The third-order valence-corrected chi connectivity index (χ3v) is 5.65. The molecule has 0 aliphatic rings. The number of benzene rings is 2. The van der Waals surface area contributed by atoms with Crippen molar-refractivity contribution in [2.45, 2.75) is 38.6 Å². The fourth-order valence-corrected chi connectivity index (χ4v) is 3.91. The van der Waals surface area contributed by atoms with Gasteiger partial charge in [0.1, 0.15) is 0 Å². The van der Waals surface area contributed by atoms with Gasteiger partial charge in [-0.1, -0.05) is 31.2 Å².